The molecule has 2 aromatic rings. The van der Waals surface area contributed by atoms with Gasteiger partial charge in [-0.3, -0.25) is 4.79 Å². The van der Waals surface area contributed by atoms with E-state index >= 15 is 0 Å². The van der Waals surface area contributed by atoms with E-state index in [1.54, 1.807) is 43.5 Å². The molecule has 0 saturated carbocycles. The number of hydrogen-bond donors (Lipinski definition) is 1. The molecule has 26 heavy (non-hydrogen) atoms. The standard InChI is InChI=1S/C19H20ClNO5/c1-13(14-3-5-15(20)6-4-14)21-18(22)11-26-19(23)12-25-17-9-7-16(24-2)8-10-17/h3-10,13H,11-12H2,1-2H3,(H,21,22)/t13-/m0/s1. The molecular formula is C19H20ClNO5. The van der Waals surface area contributed by atoms with Crippen molar-refractivity contribution in [3.8, 4) is 11.5 Å². The SMILES string of the molecule is COc1ccc(OCC(=O)OCC(=O)N[C@@H](C)c2ccc(Cl)cc2)cc1. The first-order chi connectivity index (χ1) is 12.5. The lowest BCUT2D eigenvalue weighted by Gasteiger charge is -2.14. The summed E-state index contributed by atoms with van der Waals surface area (Å²) in [6.45, 7) is 1.17. The van der Waals surface area contributed by atoms with Gasteiger partial charge in [0.15, 0.2) is 13.2 Å². The molecule has 7 heteroatoms. The smallest absolute Gasteiger partial charge is 0.344 e. The average Bonchev–Trinajstić information content (AvgIpc) is 2.65. The van der Waals surface area contributed by atoms with Crippen molar-refractivity contribution < 1.29 is 23.8 Å². The zero-order chi connectivity index (χ0) is 18.9. The summed E-state index contributed by atoms with van der Waals surface area (Å²) in [5.74, 6) is 0.162. The Morgan fingerprint density at radius 1 is 1.00 bits per heavy atom. The Morgan fingerprint density at radius 3 is 2.23 bits per heavy atom. The van der Waals surface area contributed by atoms with Gasteiger partial charge in [-0.25, -0.2) is 4.79 Å². The lowest BCUT2D eigenvalue weighted by atomic mass is 10.1. The number of esters is 1. The molecule has 0 aliphatic carbocycles. The van der Waals surface area contributed by atoms with E-state index in [0.29, 0.717) is 16.5 Å². The van der Waals surface area contributed by atoms with Crippen molar-refractivity contribution in [2.24, 2.45) is 0 Å². The zero-order valence-electron chi connectivity index (χ0n) is 14.5. The lowest BCUT2D eigenvalue weighted by Crippen LogP contribution is -2.31. The Morgan fingerprint density at radius 2 is 1.62 bits per heavy atom. The molecule has 2 aromatic carbocycles. The van der Waals surface area contributed by atoms with Crippen LogP contribution in [0.5, 0.6) is 11.5 Å². The summed E-state index contributed by atoms with van der Waals surface area (Å²) < 4.78 is 15.2. The fraction of sp³-hybridized carbons (Fsp3) is 0.263. The van der Waals surface area contributed by atoms with Crippen LogP contribution in [0.1, 0.15) is 18.5 Å². The van der Waals surface area contributed by atoms with Crippen molar-refractivity contribution >= 4 is 23.5 Å². The normalized spacial score (nSPS) is 11.3. The van der Waals surface area contributed by atoms with Crippen molar-refractivity contribution in [2.45, 2.75) is 13.0 Å². The van der Waals surface area contributed by atoms with E-state index in [1.807, 2.05) is 19.1 Å². The summed E-state index contributed by atoms with van der Waals surface area (Å²) in [7, 11) is 1.56. The second kappa shape index (κ2) is 9.68. The van der Waals surface area contributed by atoms with Gasteiger partial charge in [0, 0.05) is 5.02 Å². The minimum absolute atomic E-state index is 0.228. The molecule has 6 nitrogen and oxygen atoms in total. The Bertz CT molecular complexity index is 731. The van der Waals surface area contributed by atoms with Gasteiger partial charge in [0.2, 0.25) is 0 Å². The number of methoxy groups -OCH3 is 1. The molecule has 0 fully saturated rings. The van der Waals surface area contributed by atoms with E-state index in [1.165, 1.54) is 0 Å². The van der Waals surface area contributed by atoms with E-state index in [2.05, 4.69) is 5.32 Å². The summed E-state index contributed by atoms with van der Waals surface area (Å²) in [5.41, 5.74) is 0.900. The van der Waals surface area contributed by atoms with Gasteiger partial charge in [0.05, 0.1) is 13.2 Å². The molecule has 0 spiro atoms. The van der Waals surface area contributed by atoms with Crippen molar-refractivity contribution in [1.29, 1.82) is 0 Å². The summed E-state index contributed by atoms with van der Waals surface area (Å²) >= 11 is 5.83. The van der Waals surface area contributed by atoms with Crippen molar-refractivity contribution in [2.75, 3.05) is 20.3 Å². The number of ether oxygens (including phenoxy) is 3. The van der Waals surface area contributed by atoms with E-state index in [-0.39, 0.29) is 19.3 Å². The highest BCUT2D eigenvalue weighted by Gasteiger charge is 2.12. The molecule has 0 aliphatic heterocycles. The maximum atomic E-state index is 11.9. The highest BCUT2D eigenvalue weighted by Crippen LogP contribution is 2.17. The van der Waals surface area contributed by atoms with Gasteiger partial charge in [-0.05, 0) is 48.9 Å². The van der Waals surface area contributed by atoms with Gasteiger partial charge >= 0.3 is 5.97 Å². The van der Waals surface area contributed by atoms with Crippen molar-refractivity contribution in [1.82, 2.24) is 5.32 Å². The van der Waals surface area contributed by atoms with Gasteiger partial charge in [0.25, 0.3) is 5.91 Å². The first-order valence-electron chi connectivity index (χ1n) is 7.95. The van der Waals surface area contributed by atoms with Crippen LogP contribution in [0.15, 0.2) is 48.5 Å². The number of halogens is 1. The molecule has 0 heterocycles. The predicted molar refractivity (Wildman–Crippen MR) is 97.5 cm³/mol. The fourth-order valence-corrected chi connectivity index (χ4v) is 2.25. The van der Waals surface area contributed by atoms with E-state index in [4.69, 9.17) is 25.8 Å². The number of amides is 1. The molecular weight excluding hydrogens is 358 g/mol. The number of benzene rings is 2. The Hall–Kier alpha value is -2.73. The van der Waals surface area contributed by atoms with Crippen LogP contribution in [0.4, 0.5) is 0 Å². The highest BCUT2D eigenvalue weighted by molar-refractivity contribution is 6.30. The van der Waals surface area contributed by atoms with Crippen LogP contribution in [-0.2, 0) is 14.3 Å². The Kier molecular flexibility index (Phi) is 7.29. The second-order valence-electron chi connectivity index (χ2n) is 5.47. The highest BCUT2D eigenvalue weighted by atomic mass is 35.5. The third kappa shape index (κ3) is 6.29. The third-order valence-electron chi connectivity index (χ3n) is 3.53. The lowest BCUT2D eigenvalue weighted by molar-refractivity contribution is -0.150. The maximum absolute atomic E-state index is 11.9. The van der Waals surface area contributed by atoms with Gasteiger partial charge in [0.1, 0.15) is 11.5 Å². The van der Waals surface area contributed by atoms with Crippen LogP contribution >= 0.6 is 11.6 Å². The topological polar surface area (TPSA) is 73.9 Å². The second-order valence-corrected chi connectivity index (χ2v) is 5.90. The van der Waals surface area contributed by atoms with Gasteiger partial charge in [-0.1, -0.05) is 23.7 Å². The molecule has 0 bridgehead atoms. The molecule has 2 rings (SSSR count). The zero-order valence-corrected chi connectivity index (χ0v) is 15.3. The average molecular weight is 378 g/mol. The molecule has 0 radical (unpaired) electrons. The van der Waals surface area contributed by atoms with Crippen LogP contribution in [0, 0.1) is 0 Å². The first kappa shape index (κ1) is 19.6. The van der Waals surface area contributed by atoms with Crippen LogP contribution in [0.25, 0.3) is 0 Å². The van der Waals surface area contributed by atoms with Crippen molar-refractivity contribution in [3.63, 3.8) is 0 Å². The number of rotatable bonds is 8. The van der Waals surface area contributed by atoms with E-state index in [0.717, 1.165) is 5.56 Å². The fourth-order valence-electron chi connectivity index (χ4n) is 2.12. The number of hydrogen-bond acceptors (Lipinski definition) is 5. The maximum Gasteiger partial charge on any atom is 0.344 e. The number of carbonyl (C=O) groups excluding carboxylic acids is 2. The summed E-state index contributed by atoms with van der Waals surface area (Å²) in [6, 6.07) is 13.7. The third-order valence-corrected chi connectivity index (χ3v) is 3.78. The minimum atomic E-state index is -0.630. The molecule has 1 amide bonds. The largest absolute Gasteiger partial charge is 0.497 e. The van der Waals surface area contributed by atoms with Crippen molar-refractivity contribution in [3.05, 3.63) is 59.1 Å². The molecule has 0 aromatic heterocycles. The van der Waals surface area contributed by atoms with Gasteiger partial charge < -0.3 is 19.5 Å². The summed E-state index contributed by atoms with van der Waals surface area (Å²) in [4.78, 5) is 23.5. The molecule has 1 N–H and O–H groups in total. The van der Waals surface area contributed by atoms with Crippen LogP contribution in [0.3, 0.4) is 0 Å². The molecule has 0 unspecified atom stereocenters. The number of nitrogens with one attached hydrogen (secondary N) is 1. The molecule has 1 atom stereocenters. The molecule has 0 aliphatic rings. The Balaban J connectivity index is 1.70. The number of carbonyl (C=O) groups is 2. The van der Waals surface area contributed by atoms with Crippen LogP contribution in [-0.4, -0.2) is 32.2 Å². The van der Waals surface area contributed by atoms with Crippen LogP contribution < -0.4 is 14.8 Å². The van der Waals surface area contributed by atoms with E-state index in [9.17, 15) is 9.59 Å². The van der Waals surface area contributed by atoms with Crippen LogP contribution in [0.2, 0.25) is 5.02 Å². The van der Waals surface area contributed by atoms with Gasteiger partial charge in [-0.15, -0.1) is 0 Å². The van der Waals surface area contributed by atoms with E-state index < -0.39 is 11.9 Å². The monoisotopic (exact) mass is 377 g/mol. The quantitative estimate of drug-likeness (QED) is 0.715. The minimum Gasteiger partial charge on any atom is -0.497 e. The first-order valence-corrected chi connectivity index (χ1v) is 8.33. The summed E-state index contributed by atoms with van der Waals surface area (Å²) in [5, 5.41) is 3.37. The summed E-state index contributed by atoms with van der Waals surface area (Å²) in [6.07, 6.45) is 0. The molecule has 138 valence electrons. The van der Waals surface area contributed by atoms with Gasteiger partial charge in [-0.2, -0.15) is 0 Å². The Labute approximate surface area is 157 Å². The molecule has 0 saturated heterocycles. The predicted octanol–water partition coefficient (Wildman–Crippen LogP) is 3.15.